The normalized spacial score (nSPS) is 20.1. The maximum Gasteiger partial charge on any atom is 0.234 e. The molecule has 0 saturated carbocycles. The zero-order chi connectivity index (χ0) is 16.1. The highest BCUT2D eigenvalue weighted by atomic mass is 19.1. The third-order valence-electron chi connectivity index (χ3n) is 3.87. The topological polar surface area (TPSA) is 52.6 Å². The third-order valence-corrected chi connectivity index (χ3v) is 3.87. The van der Waals surface area contributed by atoms with Crippen LogP contribution in [0.4, 0.5) is 8.78 Å². The first kappa shape index (κ1) is 16.8. The minimum absolute atomic E-state index is 0.0996. The van der Waals surface area contributed by atoms with E-state index >= 15 is 0 Å². The molecule has 0 aliphatic carbocycles. The second-order valence-corrected chi connectivity index (χ2v) is 5.91. The summed E-state index contributed by atoms with van der Waals surface area (Å²) in [6.07, 6.45) is 2.26. The number of hydrogen-bond acceptors (Lipinski definition) is 3. The number of nitrogens with zero attached hydrogens (tertiary/aromatic N) is 1. The van der Waals surface area contributed by atoms with Crippen molar-refractivity contribution in [2.45, 2.75) is 44.9 Å². The molecule has 122 valence electrons. The largest absolute Gasteiger partial charge is 0.393 e. The Morgan fingerprint density at radius 3 is 2.73 bits per heavy atom. The van der Waals surface area contributed by atoms with Crippen molar-refractivity contribution in [2.75, 3.05) is 13.1 Å². The lowest BCUT2D eigenvalue weighted by Crippen LogP contribution is -2.40. The summed E-state index contributed by atoms with van der Waals surface area (Å²) in [5, 5.41) is 12.1. The molecule has 2 rings (SSSR count). The van der Waals surface area contributed by atoms with Gasteiger partial charge in [0.05, 0.1) is 12.6 Å². The van der Waals surface area contributed by atoms with Crippen LogP contribution < -0.4 is 5.32 Å². The highest BCUT2D eigenvalue weighted by Gasteiger charge is 2.26. The molecule has 1 aliphatic heterocycles. The van der Waals surface area contributed by atoms with E-state index in [-0.39, 0.29) is 31.1 Å². The Balaban J connectivity index is 1.82. The highest BCUT2D eigenvalue weighted by molar-refractivity contribution is 5.78. The smallest absolute Gasteiger partial charge is 0.234 e. The SMILES string of the molecule is CC(O)CC1CCCN1CC(=O)NCc1cc(F)cc(F)c1. The average Bonchev–Trinajstić information content (AvgIpc) is 2.82. The fraction of sp³-hybridized carbons (Fsp3) is 0.562. The van der Waals surface area contributed by atoms with Crippen LogP contribution in [0, 0.1) is 11.6 Å². The van der Waals surface area contributed by atoms with Crippen molar-refractivity contribution in [1.82, 2.24) is 10.2 Å². The summed E-state index contributed by atoms with van der Waals surface area (Å²) in [4.78, 5) is 14.0. The Morgan fingerprint density at radius 1 is 1.41 bits per heavy atom. The van der Waals surface area contributed by atoms with E-state index in [0.29, 0.717) is 12.0 Å². The van der Waals surface area contributed by atoms with Gasteiger partial charge in [-0.2, -0.15) is 0 Å². The van der Waals surface area contributed by atoms with E-state index in [1.54, 1.807) is 6.92 Å². The number of amides is 1. The van der Waals surface area contributed by atoms with Crippen molar-refractivity contribution in [3.05, 3.63) is 35.4 Å². The van der Waals surface area contributed by atoms with Crippen molar-refractivity contribution in [1.29, 1.82) is 0 Å². The molecular formula is C16H22F2N2O2. The van der Waals surface area contributed by atoms with Crippen molar-refractivity contribution in [3.8, 4) is 0 Å². The Hall–Kier alpha value is -1.53. The minimum atomic E-state index is -0.652. The van der Waals surface area contributed by atoms with E-state index in [0.717, 1.165) is 25.5 Å². The van der Waals surface area contributed by atoms with E-state index in [9.17, 15) is 18.7 Å². The quantitative estimate of drug-likeness (QED) is 0.842. The molecule has 1 amide bonds. The Labute approximate surface area is 129 Å². The number of benzene rings is 1. The zero-order valence-corrected chi connectivity index (χ0v) is 12.7. The van der Waals surface area contributed by atoms with Crippen molar-refractivity contribution >= 4 is 5.91 Å². The number of likely N-dealkylation sites (tertiary alicyclic amines) is 1. The average molecular weight is 312 g/mol. The molecule has 2 N–H and O–H groups in total. The van der Waals surface area contributed by atoms with Gasteiger partial charge in [-0.1, -0.05) is 0 Å². The molecule has 2 atom stereocenters. The summed E-state index contributed by atoms with van der Waals surface area (Å²) in [7, 11) is 0. The summed E-state index contributed by atoms with van der Waals surface area (Å²) in [5.41, 5.74) is 0.396. The maximum atomic E-state index is 13.1. The summed E-state index contributed by atoms with van der Waals surface area (Å²) < 4.78 is 26.1. The van der Waals surface area contributed by atoms with Crippen molar-refractivity contribution in [2.24, 2.45) is 0 Å². The molecule has 1 aromatic rings. The van der Waals surface area contributed by atoms with Gasteiger partial charge in [0.2, 0.25) is 5.91 Å². The van der Waals surface area contributed by atoms with Gasteiger partial charge in [-0.05, 0) is 50.4 Å². The molecule has 0 bridgehead atoms. The van der Waals surface area contributed by atoms with Gasteiger partial charge < -0.3 is 10.4 Å². The lowest BCUT2D eigenvalue weighted by molar-refractivity contribution is -0.122. The van der Waals surface area contributed by atoms with E-state index in [4.69, 9.17) is 0 Å². The number of hydrogen-bond donors (Lipinski definition) is 2. The number of halogens is 2. The van der Waals surface area contributed by atoms with Gasteiger partial charge in [0, 0.05) is 18.7 Å². The second kappa shape index (κ2) is 7.65. The van der Waals surface area contributed by atoms with Crippen LogP contribution in [0.15, 0.2) is 18.2 Å². The van der Waals surface area contributed by atoms with Gasteiger partial charge in [0.25, 0.3) is 0 Å². The highest BCUT2D eigenvalue weighted by Crippen LogP contribution is 2.20. The van der Waals surface area contributed by atoms with Gasteiger partial charge in [-0.25, -0.2) is 8.78 Å². The summed E-state index contributed by atoms with van der Waals surface area (Å²) in [5.74, 6) is -1.48. The third kappa shape index (κ3) is 5.03. The van der Waals surface area contributed by atoms with Crippen LogP contribution in [0.5, 0.6) is 0 Å². The Bertz CT molecular complexity index is 503. The molecule has 22 heavy (non-hydrogen) atoms. The first-order chi connectivity index (χ1) is 10.4. The Morgan fingerprint density at radius 2 is 2.09 bits per heavy atom. The molecule has 0 spiro atoms. The molecule has 0 radical (unpaired) electrons. The number of rotatable bonds is 6. The van der Waals surface area contributed by atoms with Gasteiger partial charge in [0.1, 0.15) is 11.6 Å². The van der Waals surface area contributed by atoms with Crippen molar-refractivity contribution < 1.29 is 18.7 Å². The van der Waals surface area contributed by atoms with E-state index in [2.05, 4.69) is 5.32 Å². The lowest BCUT2D eigenvalue weighted by Gasteiger charge is -2.24. The standard InChI is InChI=1S/C16H22F2N2O2/c1-11(21)5-15-3-2-4-20(15)10-16(22)19-9-12-6-13(17)8-14(18)7-12/h6-8,11,15,21H,2-5,9-10H2,1H3,(H,19,22). The molecule has 1 aliphatic rings. The van der Waals surface area contributed by atoms with Gasteiger partial charge in [-0.3, -0.25) is 9.69 Å². The molecule has 6 heteroatoms. The molecule has 1 aromatic carbocycles. The molecule has 1 heterocycles. The van der Waals surface area contributed by atoms with Crippen LogP contribution in [-0.4, -0.2) is 41.1 Å². The monoisotopic (exact) mass is 312 g/mol. The Kier molecular flexibility index (Phi) is 5.85. The fourth-order valence-electron chi connectivity index (χ4n) is 2.92. The van der Waals surface area contributed by atoms with Crippen LogP contribution >= 0.6 is 0 Å². The summed E-state index contributed by atoms with van der Waals surface area (Å²) in [6.45, 7) is 2.92. The number of carbonyl (C=O) groups excluding carboxylic acids is 1. The fourth-order valence-corrected chi connectivity index (χ4v) is 2.92. The summed E-state index contributed by atoms with van der Waals surface area (Å²) in [6, 6.07) is 3.43. The van der Waals surface area contributed by atoms with Gasteiger partial charge >= 0.3 is 0 Å². The zero-order valence-electron chi connectivity index (χ0n) is 12.7. The van der Waals surface area contributed by atoms with Crippen LogP contribution in [0.1, 0.15) is 31.7 Å². The van der Waals surface area contributed by atoms with Gasteiger partial charge in [-0.15, -0.1) is 0 Å². The van der Waals surface area contributed by atoms with Crippen LogP contribution in [0.25, 0.3) is 0 Å². The molecule has 2 unspecified atom stereocenters. The maximum absolute atomic E-state index is 13.1. The van der Waals surface area contributed by atoms with Crippen LogP contribution in [0.2, 0.25) is 0 Å². The summed E-state index contributed by atoms with van der Waals surface area (Å²) >= 11 is 0. The van der Waals surface area contributed by atoms with Crippen molar-refractivity contribution in [3.63, 3.8) is 0 Å². The number of carbonyl (C=O) groups is 1. The molecule has 1 fully saturated rings. The van der Waals surface area contributed by atoms with E-state index in [1.807, 2.05) is 4.90 Å². The minimum Gasteiger partial charge on any atom is -0.393 e. The number of aliphatic hydroxyl groups excluding tert-OH is 1. The first-order valence-corrected chi connectivity index (χ1v) is 7.58. The molecular weight excluding hydrogens is 290 g/mol. The second-order valence-electron chi connectivity index (χ2n) is 5.91. The number of nitrogens with one attached hydrogen (secondary N) is 1. The number of aliphatic hydroxyl groups is 1. The van der Waals surface area contributed by atoms with Gasteiger partial charge in [0.15, 0.2) is 0 Å². The molecule has 0 aromatic heterocycles. The molecule has 1 saturated heterocycles. The van der Waals surface area contributed by atoms with E-state index in [1.165, 1.54) is 12.1 Å². The van der Waals surface area contributed by atoms with Crippen LogP contribution in [0.3, 0.4) is 0 Å². The predicted molar refractivity (Wildman–Crippen MR) is 79.1 cm³/mol. The van der Waals surface area contributed by atoms with E-state index < -0.39 is 11.6 Å². The van der Waals surface area contributed by atoms with Crippen LogP contribution in [-0.2, 0) is 11.3 Å². The first-order valence-electron chi connectivity index (χ1n) is 7.58. The predicted octanol–water partition coefficient (Wildman–Crippen LogP) is 1.82. The molecule has 4 nitrogen and oxygen atoms in total. The lowest BCUT2D eigenvalue weighted by atomic mass is 10.1.